The van der Waals surface area contributed by atoms with Crippen LogP contribution in [0.1, 0.15) is 15.9 Å². The summed E-state index contributed by atoms with van der Waals surface area (Å²) in [7, 11) is 4.45. The summed E-state index contributed by atoms with van der Waals surface area (Å²) in [6, 6.07) is 10.3. The smallest absolute Gasteiger partial charge is 0.259 e. The van der Waals surface area contributed by atoms with E-state index in [0.29, 0.717) is 28.4 Å². The number of nitrogens with one attached hydrogen (secondary N) is 2. The molecule has 7 nitrogen and oxygen atoms in total. The number of para-hydroxylation sites is 1. The van der Waals surface area contributed by atoms with Crippen LogP contribution in [0.15, 0.2) is 36.4 Å². The third-order valence-corrected chi connectivity index (χ3v) is 3.67. The number of hydrogen-bond donors (Lipinski definition) is 2. The van der Waals surface area contributed by atoms with Crippen molar-refractivity contribution < 1.29 is 23.8 Å². The van der Waals surface area contributed by atoms with E-state index in [-0.39, 0.29) is 18.4 Å². The van der Waals surface area contributed by atoms with Gasteiger partial charge in [0.1, 0.15) is 18.1 Å². The van der Waals surface area contributed by atoms with E-state index in [0.717, 1.165) is 5.56 Å². The molecule has 0 aliphatic rings. The molecule has 2 amide bonds. The van der Waals surface area contributed by atoms with Gasteiger partial charge in [-0.2, -0.15) is 0 Å². The van der Waals surface area contributed by atoms with Crippen LogP contribution >= 0.6 is 0 Å². The number of carbonyl (C=O) groups excluding carboxylic acids is 2. The molecule has 0 aromatic heterocycles. The minimum Gasteiger partial charge on any atom is -0.496 e. The van der Waals surface area contributed by atoms with Crippen molar-refractivity contribution in [2.75, 3.05) is 38.6 Å². The molecular formula is C19H22N2O5. The Labute approximate surface area is 152 Å². The summed E-state index contributed by atoms with van der Waals surface area (Å²) < 4.78 is 15.4. The van der Waals surface area contributed by atoms with E-state index >= 15 is 0 Å². The molecule has 0 saturated carbocycles. The normalized spacial score (nSPS) is 10.2. The van der Waals surface area contributed by atoms with Gasteiger partial charge >= 0.3 is 0 Å². The zero-order chi connectivity index (χ0) is 19.1. The van der Waals surface area contributed by atoms with Gasteiger partial charge in [0.2, 0.25) is 5.91 Å². The van der Waals surface area contributed by atoms with E-state index in [2.05, 4.69) is 10.6 Å². The predicted molar refractivity (Wildman–Crippen MR) is 99.2 cm³/mol. The molecule has 0 aliphatic carbocycles. The fourth-order valence-corrected chi connectivity index (χ4v) is 2.49. The number of methoxy groups -OCH3 is 3. The average Bonchev–Trinajstić information content (AvgIpc) is 2.62. The van der Waals surface area contributed by atoms with Crippen molar-refractivity contribution in [1.29, 1.82) is 0 Å². The Hall–Kier alpha value is -3.06. The van der Waals surface area contributed by atoms with Crippen LogP contribution in [0.4, 0.5) is 11.4 Å². The van der Waals surface area contributed by atoms with E-state index in [4.69, 9.17) is 14.2 Å². The average molecular weight is 358 g/mol. The van der Waals surface area contributed by atoms with E-state index in [1.165, 1.54) is 21.3 Å². The van der Waals surface area contributed by atoms with Crippen molar-refractivity contribution in [3.05, 3.63) is 47.5 Å². The molecule has 2 N–H and O–H groups in total. The molecule has 7 heteroatoms. The van der Waals surface area contributed by atoms with E-state index in [9.17, 15) is 9.59 Å². The lowest BCUT2D eigenvalue weighted by molar-refractivity contribution is -0.119. The highest BCUT2D eigenvalue weighted by Gasteiger charge is 2.15. The van der Waals surface area contributed by atoms with Gasteiger partial charge in [0.05, 0.1) is 25.5 Å². The van der Waals surface area contributed by atoms with Gasteiger partial charge in [-0.1, -0.05) is 12.1 Å². The maximum atomic E-state index is 12.6. The van der Waals surface area contributed by atoms with Gasteiger partial charge in [-0.05, 0) is 30.7 Å². The summed E-state index contributed by atoms with van der Waals surface area (Å²) in [6.45, 7) is 1.81. The molecule has 138 valence electrons. The second kappa shape index (κ2) is 8.87. The van der Waals surface area contributed by atoms with Crippen LogP contribution in [0.3, 0.4) is 0 Å². The van der Waals surface area contributed by atoms with Gasteiger partial charge in [-0.15, -0.1) is 0 Å². The number of carbonyl (C=O) groups is 2. The molecule has 2 aromatic rings. The lowest BCUT2D eigenvalue weighted by Crippen LogP contribution is -2.18. The number of ether oxygens (including phenoxy) is 3. The maximum absolute atomic E-state index is 12.6. The monoisotopic (exact) mass is 358 g/mol. The van der Waals surface area contributed by atoms with Crippen LogP contribution in [0.2, 0.25) is 0 Å². The molecule has 0 unspecified atom stereocenters. The van der Waals surface area contributed by atoms with Crippen LogP contribution in [0.25, 0.3) is 0 Å². The van der Waals surface area contributed by atoms with Crippen molar-refractivity contribution in [1.82, 2.24) is 0 Å². The first-order chi connectivity index (χ1) is 12.5. The largest absolute Gasteiger partial charge is 0.496 e. The molecule has 0 fully saturated rings. The second-order valence-corrected chi connectivity index (χ2v) is 5.51. The number of anilines is 2. The molecule has 0 heterocycles. The van der Waals surface area contributed by atoms with Crippen molar-refractivity contribution in [2.45, 2.75) is 6.92 Å². The molecule has 0 bridgehead atoms. The Balaban J connectivity index is 2.21. The summed E-state index contributed by atoms with van der Waals surface area (Å²) in [5.41, 5.74) is 2.32. The molecule has 0 atom stereocenters. The first-order valence-electron chi connectivity index (χ1n) is 7.92. The van der Waals surface area contributed by atoms with Crippen molar-refractivity contribution in [2.24, 2.45) is 0 Å². The zero-order valence-corrected chi connectivity index (χ0v) is 15.2. The molecule has 0 aliphatic heterocycles. The first-order valence-corrected chi connectivity index (χ1v) is 7.92. The molecule has 0 saturated heterocycles. The van der Waals surface area contributed by atoms with Gasteiger partial charge in [-0.3, -0.25) is 9.59 Å². The van der Waals surface area contributed by atoms with Crippen LogP contribution < -0.4 is 20.1 Å². The number of rotatable bonds is 7. The van der Waals surface area contributed by atoms with Crippen molar-refractivity contribution in [3.8, 4) is 11.5 Å². The second-order valence-electron chi connectivity index (χ2n) is 5.51. The summed E-state index contributed by atoms with van der Waals surface area (Å²) in [5, 5.41) is 5.48. The highest BCUT2D eigenvalue weighted by atomic mass is 16.5. The minimum atomic E-state index is -0.302. The van der Waals surface area contributed by atoms with Gasteiger partial charge < -0.3 is 24.8 Å². The molecule has 26 heavy (non-hydrogen) atoms. The summed E-state index contributed by atoms with van der Waals surface area (Å²) in [5.74, 6) is 0.347. The van der Waals surface area contributed by atoms with Gasteiger partial charge in [-0.25, -0.2) is 0 Å². The number of hydrogen-bond acceptors (Lipinski definition) is 5. The molecule has 0 spiro atoms. The van der Waals surface area contributed by atoms with Crippen LogP contribution in [0, 0.1) is 6.92 Å². The minimum absolute atomic E-state index is 0.0607. The van der Waals surface area contributed by atoms with E-state index in [1.54, 1.807) is 30.3 Å². The lowest BCUT2D eigenvalue weighted by Gasteiger charge is -2.14. The number of amides is 2. The Morgan fingerprint density at radius 3 is 2.42 bits per heavy atom. The zero-order valence-electron chi connectivity index (χ0n) is 15.2. The number of benzene rings is 2. The van der Waals surface area contributed by atoms with Gasteiger partial charge in [0.25, 0.3) is 5.91 Å². The third kappa shape index (κ3) is 4.52. The predicted octanol–water partition coefficient (Wildman–Crippen LogP) is 2.85. The van der Waals surface area contributed by atoms with Crippen LogP contribution in [-0.4, -0.2) is 39.8 Å². The third-order valence-electron chi connectivity index (χ3n) is 3.67. The first kappa shape index (κ1) is 19.3. The quantitative estimate of drug-likeness (QED) is 0.795. The summed E-state index contributed by atoms with van der Waals surface area (Å²) in [4.78, 5) is 24.2. The van der Waals surface area contributed by atoms with Gasteiger partial charge in [0, 0.05) is 18.9 Å². The highest BCUT2D eigenvalue weighted by molar-refractivity contribution is 6.06. The van der Waals surface area contributed by atoms with E-state index in [1.807, 2.05) is 13.0 Å². The summed E-state index contributed by atoms with van der Waals surface area (Å²) >= 11 is 0. The lowest BCUT2D eigenvalue weighted by atomic mass is 10.1. The highest BCUT2D eigenvalue weighted by Crippen LogP contribution is 2.29. The fourth-order valence-electron chi connectivity index (χ4n) is 2.49. The standard InChI is InChI=1S/C19H22N2O5/c1-12-6-5-7-14(18(12)26-4)19(23)20-13-8-9-15(16(10-13)25-3)21-17(22)11-24-2/h5-10H,11H2,1-4H3,(H,20,23)(H,21,22). The Morgan fingerprint density at radius 2 is 1.77 bits per heavy atom. The summed E-state index contributed by atoms with van der Waals surface area (Å²) in [6.07, 6.45) is 0. The van der Waals surface area contributed by atoms with E-state index < -0.39 is 0 Å². The topological polar surface area (TPSA) is 85.9 Å². The Morgan fingerprint density at radius 1 is 1.00 bits per heavy atom. The SMILES string of the molecule is COCC(=O)Nc1ccc(NC(=O)c2cccc(C)c2OC)cc1OC. The van der Waals surface area contributed by atoms with Crippen LogP contribution in [-0.2, 0) is 9.53 Å². The molecule has 0 radical (unpaired) electrons. The van der Waals surface area contributed by atoms with Gasteiger partial charge in [0.15, 0.2) is 0 Å². The maximum Gasteiger partial charge on any atom is 0.259 e. The van der Waals surface area contributed by atoms with Crippen molar-refractivity contribution >= 4 is 23.2 Å². The fraction of sp³-hybridized carbons (Fsp3) is 0.263. The Bertz CT molecular complexity index is 805. The molecular weight excluding hydrogens is 336 g/mol. The van der Waals surface area contributed by atoms with Crippen LogP contribution in [0.5, 0.6) is 11.5 Å². The number of aryl methyl sites for hydroxylation is 1. The Kier molecular flexibility index (Phi) is 6.57. The molecule has 2 rings (SSSR count). The van der Waals surface area contributed by atoms with Crippen molar-refractivity contribution in [3.63, 3.8) is 0 Å². The molecule has 2 aromatic carbocycles.